The highest BCUT2D eigenvalue weighted by atomic mass is 16.8. The molecule has 1 aliphatic carbocycles. The molecule has 0 bridgehead atoms. The molecule has 1 saturated heterocycles. The predicted molar refractivity (Wildman–Crippen MR) is 77.8 cm³/mol. The summed E-state index contributed by atoms with van der Waals surface area (Å²) in [6.07, 6.45) is 1.09. The fourth-order valence-electron chi connectivity index (χ4n) is 3.40. The third-order valence-corrected chi connectivity index (χ3v) is 4.31. The molecule has 1 aromatic carbocycles. The molecule has 1 aromatic heterocycles. The summed E-state index contributed by atoms with van der Waals surface area (Å²) in [5.41, 5.74) is 9.22. The van der Waals surface area contributed by atoms with E-state index >= 15 is 0 Å². The number of nitriles is 1. The van der Waals surface area contributed by atoms with Gasteiger partial charge in [0.05, 0.1) is 12.5 Å². The van der Waals surface area contributed by atoms with Crippen molar-refractivity contribution < 1.29 is 19.1 Å². The molecule has 2 aromatic rings. The van der Waals surface area contributed by atoms with Crippen LogP contribution in [0, 0.1) is 11.3 Å². The zero-order valence-electron chi connectivity index (χ0n) is 12.1. The highest BCUT2D eigenvalue weighted by Gasteiger charge is 2.55. The van der Waals surface area contributed by atoms with Crippen molar-refractivity contribution in [2.24, 2.45) is 5.73 Å². The molecule has 2 aliphatic rings. The van der Waals surface area contributed by atoms with E-state index in [0.29, 0.717) is 18.5 Å². The second-order valence-electron chi connectivity index (χ2n) is 5.89. The topological polar surface area (TPSA) is 118 Å². The van der Waals surface area contributed by atoms with Gasteiger partial charge >= 0.3 is 17.7 Å². The van der Waals surface area contributed by atoms with E-state index in [-0.39, 0.29) is 12.5 Å². The van der Waals surface area contributed by atoms with E-state index in [1.807, 2.05) is 18.2 Å². The van der Waals surface area contributed by atoms with E-state index in [0.717, 1.165) is 22.0 Å². The summed E-state index contributed by atoms with van der Waals surface area (Å²) < 4.78 is 10.5. The van der Waals surface area contributed by atoms with Gasteiger partial charge in [0.2, 0.25) is 0 Å². The Morgan fingerprint density at radius 2 is 2.09 bits per heavy atom. The van der Waals surface area contributed by atoms with E-state index in [9.17, 15) is 9.59 Å². The van der Waals surface area contributed by atoms with Crippen LogP contribution in [0.25, 0.3) is 10.9 Å². The zero-order chi connectivity index (χ0) is 16.2. The summed E-state index contributed by atoms with van der Waals surface area (Å²) in [5.74, 6) is -3.47. The molecule has 3 N–H and O–H groups in total. The van der Waals surface area contributed by atoms with Gasteiger partial charge < -0.3 is 20.2 Å². The second kappa shape index (κ2) is 4.57. The lowest BCUT2D eigenvalue weighted by atomic mass is 9.87. The molecule has 4 rings (SSSR count). The van der Waals surface area contributed by atoms with E-state index < -0.39 is 17.7 Å². The van der Waals surface area contributed by atoms with Gasteiger partial charge in [0.15, 0.2) is 0 Å². The van der Waals surface area contributed by atoms with Crippen LogP contribution in [0.5, 0.6) is 0 Å². The fraction of sp³-hybridized carbons (Fsp3) is 0.312. The van der Waals surface area contributed by atoms with Gasteiger partial charge in [-0.3, -0.25) is 0 Å². The maximum Gasteiger partial charge on any atom is 0.421 e. The molecule has 0 radical (unpaired) electrons. The molecular formula is C16H13N3O4. The Morgan fingerprint density at radius 3 is 2.78 bits per heavy atom. The quantitative estimate of drug-likeness (QED) is 0.593. The Balaban J connectivity index is 1.92. The Morgan fingerprint density at radius 1 is 1.35 bits per heavy atom. The van der Waals surface area contributed by atoms with E-state index in [2.05, 4.69) is 11.1 Å². The number of esters is 2. The lowest BCUT2D eigenvalue weighted by Gasteiger charge is -2.32. The first-order chi connectivity index (χ1) is 11.0. The van der Waals surface area contributed by atoms with E-state index in [1.54, 1.807) is 0 Å². The molecule has 1 unspecified atom stereocenters. The van der Waals surface area contributed by atoms with Crippen molar-refractivity contribution in [3.8, 4) is 6.07 Å². The van der Waals surface area contributed by atoms with Crippen LogP contribution in [0.15, 0.2) is 18.2 Å². The minimum atomic E-state index is -1.46. The summed E-state index contributed by atoms with van der Waals surface area (Å²) in [4.78, 5) is 26.2. The number of nitrogens with two attached hydrogens (primary N) is 1. The highest BCUT2D eigenvalue weighted by Crippen LogP contribution is 2.44. The predicted octanol–water partition coefficient (Wildman–Crippen LogP) is 0.760. The SMILES string of the molecule is N#CCc1ccc2[nH]c3c(c2c1)CC(N)CC31OC(=O)C(=O)O1. The molecule has 1 fully saturated rings. The van der Waals surface area contributed by atoms with Gasteiger partial charge in [-0.1, -0.05) is 6.07 Å². The number of aromatic nitrogens is 1. The summed E-state index contributed by atoms with van der Waals surface area (Å²) in [7, 11) is 0. The maximum absolute atomic E-state index is 11.5. The van der Waals surface area contributed by atoms with Crippen LogP contribution >= 0.6 is 0 Å². The van der Waals surface area contributed by atoms with E-state index in [4.69, 9.17) is 20.5 Å². The Kier molecular flexibility index (Phi) is 2.74. The molecular weight excluding hydrogens is 298 g/mol. The summed E-state index contributed by atoms with van der Waals surface area (Å²) >= 11 is 0. The van der Waals surface area contributed by atoms with Crippen LogP contribution in [-0.4, -0.2) is 23.0 Å². The van der Waals surface area contributed by atoms with Gasteiger partial charge in [-0.25, -0.2) is 9.59 Å². The smallest absolute Gasteiger partial charge is 0.408 e. The summed E-state index contributed by atoms with van der Waals surface area (Å²) in [6, 6.07) is 7.44. The largest absolute Gasteiger partial charge is 0.421 e. The van der Waals surface area contributed by atoms with Crippen molar-refractivity contribution in [2.45, 2.75) is 31.1 Å². The van der Waals surface area contributed by atoms with Gasteiger partial charge in [-0.15, -0.1) is 0 Å². The normalized spacial score (nSPS) is 21.8. The molecule has 1 spiro atoms. The number of carbonyl (C=O) groups excluding carboxylic acids is 2. The van der Waals surface area contributed by atoms with E-state index in [1.165, 1.54) is 0 Å². The first-order valence-corrected chi connectivity index (χ1v) is 7.25. The van der Waals surface area contributed by atoms with Gasteiger partial charge in [0.1, 0.15) is 5.69 Å². The maximum atomic E-state index is 11.5. The first-order valence-electron chi connectivity index (χ1n) is 7.25. The minimum absolute atomic E-state index is 0.218. The summed E-state index contributed by atoms with van der Waals surface area (Å²) in [6.45, 7) is 0. The first kappa shape index (κ1) is 13.8. The zero-order valence-corrected chi connectivity index (χ0v) is 12.1. The third kappa shape index (κ3) is 1.92. The van der Waals surface area contributed by atoms with Crippen molar-refractivity contribution in [1.29, 1.82) is 5.26 Å². The molecule has 7 nitrogen and oxygen atoms in total. The van der Waals surface area contributed by atoms with Crippen LogP contribution in [0.4, 0.5) is 0 Å². The molecule has 116 valence electrons. The number of benzene rings is 1. The molecule has 7 heteroatoms. The minimum Gasteiger partial charge on any atom is -0.408 e. The van der Waals surface area contributed by atoms with Gasteiger partial charge in [0, 0.05) is 23.4 Å². The average Bonchev–Trinajstić information content (AvgIpc) is 2.99. The molecule has 0 amide bonds. The standard InChI is InChI=1S/C16H13N3O4/c17-4-3-8-1-2-12-10(5-8)11-6-9(18)7-16(13(11)19-12)22-14(20)15(21)23-16/h1-2,5,9,19H,3,6-7,18H2. The lowest BCUT2D eigenvalue weighted by Crippen LogP contribution is -2.42. The van der Waals surface area contributed by atoms with Gasteiger partial charge in [-0.2, -0.15) is 5.26 Å². The number of aromatic amines is 1. The van der Waals surface area contributed by atoms with Crippen LogP contribution in [0.3, 0.4) is 0 Å². The van der Waals surface area contributed by atoms with Gasteiger partial charge in [0.25, 0.3) is 0 Å². The number of rotatable bonds is 1. The number of nitrogens with one attached hydrogen (secondary N) is 1. The number of H-pyrrole nitrogens is 1. The fourth-order valence-corrected chi connectivity index (χ4v) is 3.40. The Hall–Kier alpha value is -2.85. The lowest BCUT2D eigenvalue weighted by molar-refractivity contribution is -0.192. The van der Waals surface area contributed by atoms with Crippen LogP contribution in [0.2, 0.25) is 0 Å². The summed E-state index contributed by atoms with van der Waals surface area (Å²) in [5, 5.41) is 9.76. The van der Waals surface area contributed by atoms with Crippen molar-refractivity contribution in [3.63, 3.8) is 0 Å². The number of ether oxygens (including phenoxy) is 2. The average molecular weight is 311 g/mol. The Bertz CT molecular complexity index is 877. The number of hydrogen-bond donors (Lipinski definition) is 2. The third-order valence-electron chi connectivity index (χ3n) is 4.31. The second-order valence-corrected chi connectivity index (χ2v) is 5.89. The number of nitrogens with zero attached hydrogens (tertiary/aromatic N) is 1. The Labute approximate surface area is 131 Å². The van der Waals surface area contributed by atoms with Crippen molar-refractivity contribution in [1.82, 2.24) is 4.98 Å². The number of fused-ring (bicyclic) bond motifs is 4. The number of hydrogen-bond acceptors (Lipinski definition) is 6. The van der Waals surface area contributed by atoms with Crippen molar-refractivity contribution >= 4 is 22.8 Å². The van der Waals surface area contributed by atoms with Crippen molar-refractivity contribution in [3.05, 3.63) is 35.0 Å². The monoisotopic (exact) mass is 311 g/mol. The molecule has 1 atom stereocenters. The van der Waals surface area contributed by atoms with Crippen molar-refractivity contribution in [2.75, 3.05) is 0 Å². The molecule has 2 heterocycles. The molecule has 0 saturated carbocycles. The van der Waals surface area contributed by atoms with Crippen LogP contribution < -0.4 is 5.73 Å². The molecule has 1 aliphatic heterocycles. The van der Waals surface area contributed by atoms with Gasteiger partial charge in [-0.05, 0) is 29.7 Å². The van der Waals surface area contributed by atoms with Crippen LogP contribution in [0.1, 0.15) is 23.2 Å². The molecule has 23 heavy (non-hydrogen) atoms. The number of carbonyl (C=O) groups is 2. The van der Waals surface area contributed by atoms with Crippen LogP contribution in [-0.2, 0) is 37.7 Å². The highest BCUT2D eigenvalue weighted by molar-refractivity contribution is 6.31.